The Hall–Kier alpha value is -5.11. The second-order valence-corrected chi connectivity index (χ2v) is 9.31. The van der Waals surface area contributed by atoms with Crippen LogP contribution in [0, 0.1) is 11.3 Å². The van der Waals surface area contributed by atoms with E-state index in [4.69, 9.17) is 5.26 Å². The molecule has 0 spiro atoms. The Balaban J connectivity index is 1.35. The molecular formula is C29H23F3N6O2. The van der Waals surface area contributed by atoms with Crippen LogP contribution in [0.3, 0.4) is 0 Å². The van der Waals surface area contributed by atoms with Gasteiger partial charge in [-0.2, -0.15) is 18.4 Å². The molecule has 1 aliphatic heterocycles. The molecule has 11 heteroatoms. The van der Waals surface area contributed by atoms with E-state index in [1.54, 1.807) is 47.8 Å². The van der Waals surface area contributed by atoms with Crippen molar-refractivity contribution in [1.29, 1.82) is 5.26 Å². The number of H-pyrrole nitrogens is 1. The molecular weight excluding hydrogens is 521 g/mol. The van der Waals surface area contributed by atoms with Crippen molar-refractivity contribution in [3.8, 4) is 6.07 Å². The highest BCUT2D eigenvalue weighted by Gasteiger charge is 2.33. The number of hydrogen-bond donors (Lipinski definition) is 3. The molecule has 3 N–H and O–H groups in total. The van der Waals surface area contributed by atoms with Gasteiger partial charge in [-0.25, -0.2) is 9.78 Å². The van der Waals surface area contributed by atoms with Gasteiger partial charge in [0.05, 0.1) is 29.6 Å². The van der Waals surface area contributed by atoms with Crippen LogP contribution in [-0.4, -0.2) is 33.4 Å². The molecule has 0 saturated carbocycles. The quantitative estimate of drug-likeness (QED) is 0.279. The van der Waals surface area contributed by atoms with E-state index >= 15 is 0 Å². The number of carbonyl (C=O) groups excluding carboxylic acids is 2. The minimum Gasteiger partial charge on any atom is -0.348 e. The number of nitrogens with one attached hydrogen (secondary N) is 3. The second-order valence-electron chi connectivity index (χ2n) is 9.31. The number of alkyl halides is 3. The number of amides is 3. The van der Waals surface area contributed by atoms with Gasteiger partial charge in [0, 0.05) is 41.8 Å². The van der Waals surface area contributed by atoms with Crippen molar-refractivity contribution in [3.63, 3.8) is 0 Å². The lowest BCUT2D eigenvalue weighted by molar-refractivity contribution is -0.137. The number of aromatic nitrogens is 2. The number of benzene rings is 3. The highest BCUT2D eigenvalue weighted by atomic mass is 19.4. The molecule has 0 fully saturated rings. The molecule has 3 aromatic carbocycles. The second kappa shape index (κ2) is 10.9. The van der Waals surface area contributed by atoms with Crippen LogP contribution in [0.2, 0.25) is 0 Å². The van der Waals surface area contributed by atoms with E-state index < -0.39 is 17.8 Å². The molecule has 3 amide bonds. The van der Waals surface area contributed by atoms with Crippen LogP contribution in [0.25, 0.3) is 0 Å². The van der Waals surface area contributed by atoms with E-state index in [0.717, 1.165) is 29.0 Å². The summed E-state index contributed by atoms with van der Waals surface area (Å²) in [7, 11) is 0. The topological polar surface area (TPSA) is 114 Å². The Kier molecular flexibility index (Phi) is 7.25. The fourth-order valence-electron chi connectivity index (χ4n) is 4.68. The molecule has 4 aromatic rings. The van der Waals surface area contributed by atoms with Crippen molar-refractivity contribution in [2.24, 2.45) is 0 Å². The summed E-state index contributed by atoms with van der Waals surface area (Å²) >= 11 is 0. The molecule has 0 aliphatic carbocycles. The third kappa shape index (κ3) is 5.81. The normalized spacial score (nSPS) is 14.8. The standard InChI is InChI=1S/C29H23F3N6O2/c30-29(31,32)21-6-9-22(10-7-21)36-28(40)37-23-8-5-20-13-26(19-3-1-18(15-33)2-4-19)38(27(39)25(20)14-23)12-11-24-16-34-17-35-24/h1-10,14,16-17,26H,11-13H2,(H,34,35)(H2,36,37,40). The Morgan fingerprint density at radius 3 is 2.40 bits per heavy atom. The third-order valence-corrected chi connectivity index (χ3v) is 6.72. The minimum absolute atomic E-state index is 0.190. The zero-order chi connectivity index (χ0) is 28.3. The number of carbonyl (C=O) groups is 2. The Morgan fingerprint density at radius 2 is 1.75 bits per heavy atom. The van der Waals surface area contributed by atoms with Crippen molar-refractivity contribution in [2.75, 3.05) is 17.2 Å². The molecule has 2 heterocycles. The highest BCUT2D eigenvalue weighted by molar-refractivity contribution is 6.02. The number of hydrogen-bond acceptors (Lipinski definition) is 4. The first-order chi connectivity index (χ1) is 19.2. The van der Waals surface area contributed by atoms with Crippen molar-refractivity contribution in [1.82, 2.24) is 14.9 Å². The number of nitrogens with zero attached hydrogens (tertiary/aromatic N) is 3. The summed E-state index contributed by atoms with van der Waals surface area (Å²) in [5.41, 5.74) is 3.31. The van der Waals surface area contributed by atoms with Gasteiger partial charge < -0.3 is 20.5 Å². The summed E-state index contributed by atoms with van der Waals surface area (Å²) < 4.78 is 38.4. The van der Waals surface area contributed by atoms with Crippen molar-refractivity contribution >= 4 is 23.3 Å². The van der Waals surface area contributed by atoms with Gasteiger partial charge in [0.15, 0.2) is 0 Å². The van der Waals surface area contributed by atoms with E-state index in [0.29, 0.717) is 36.2 Å². The average Bonchev–Trinajstić information content (AvgIpc) is 3.46. The number of urea groups is 1. The fraction of sp³-hybridized carbons (Fsp3) is 0.172. The van der Waals surface area contributed by atoms with Crippen molar-refractivity contribution < 1.29 is 22.8 Å². The molecule has 1 atom stereocenters. The summed E-state index contributed by atoms with van der Waals surface area (Å²) in [5, 5.41) is 14.3. The van der Waals surface area contributed by atoms with Gasteiger partial charge >= 0.3 is 12.2 Å². The average molecular weight is 545 g/mol. The zero-order valence-corrected chi connectivity index (χ0v) is 21.0. The minimum atomic E-state index is -4.47. The predicted octanol–water partition coefficient (Wildman–Crippen LogP) is 5.93. The number of rotatable bonds is 6. The van der Waals surface area contributed by atoms with Crippen LogP contribution in [0.5, 0.6) is 0 Å². The smallest absolute Gasteiger partial charge is 0.348 e. The van der Waals surface area contributed by atoms with E-state index in [-0.39, 0.29) is 17.6 Å². The maximum absolute atomic E-state index is 13.8. The lowest BCUT2D eigenvalue weighted by atomic mass is 9.88. The van der Waals surface area contributed by atoms with Gasteiger partial charge in [-0.1, -0.05) is 18.2 Å². The summed E-state index contributed by atoms with van der Waals surface area (Å²) in [5.74, 6) is -0.207. The highest BCUT2D eigenvalue weighted by Crippen LogP contribution is 2.35. The first-order valence-corrected chi connectivity index (χ1v) is 12.4. The van der Waals surface area contributed by atoms with E-state index in [2.05, 4.69) is 26.7 Å². The van der Waals surface area contributed by atoms with Crippen LogP contribution in [0.15, 0.2) is 79.3 Å². The van der Waals surface area contributed by atoms with Crippen LogP contribution in [0.4, 0.5) is 29.3 Å². The van der Waals surface area contributed by atoms with E-state index in [9.17, 15) is 22.8 Å². The first kappa shape index (κ1) is 26.5. The molecule has 0 saturated heterocycles. The van der Waals surface area contributed by atoms with Crippen LogP contribution in [-0.2, 0) is 19.0 Å². The van der Waals surface area contributed by atoms with Crippen molar-refractivity contribution in [3.05, 3.63) is 113 Å². The van der Waals surface area contributed by atoms with Crippen LogP contribution < -0.4 is 10.6 Å². The fourth-order valence-corrected chi connectivity index (χ4v) is 4.68. The Labute approximate surface area is 227 Å². The molecule has 8 nitrogen and oxygen atoms in total. The van der Waals surface area contributed by atoms with Gasteiger partial charge in [-0.05, 0) is 66.1 Å². The monoisotopic (exact) mass is 544 g/mol. The molecule has 1 aromatic heterocycles. The van der Waals surface area contributed by atoms with Crippen molar-refractivity contribution in [2.45, 2.75) is 25.1 Å². The molecule has 5 rings (SSSR count). The van der Waals surface area contributed by atoms with E-state index in [1.807, 2.05) is 12.1 Å². The number of halogens is 3. The molecule has 0 bridgehead atoms. The number of aromatic amines is 1. The number of nitriles is 1. The summed E-state index contributed by atoms with van der Waals surface area (Å²) in [6, 6.07) is 17.5. The summed E-state index contributed by atoms with van der Waals surface area (Å²) in [6.07, 6.45) is -0.0953. The molecule has 0 radical (unpaired) electrons. The van der Waals surface area contributed by atoms with Gasteiger partial charge in [0.25, 0.3) is 5.91 Å². The molecule has 1 unspecified atom stereocenters. The largest absolute Gasteiger partial charge is 0.416 e. The first-order valence-electron chi connectivity index (χ1n) is 12.4. The van der Waals surface area contributed by atoms with Gasteiger partial charge in [-0.15, -0.1) is 0 Å². The SMILES string of the molecule is N#Cc1ccc(C2Cc3ccc(NC(=O)Nc4ccc(C(F)(F)F)cc4)cc3C(=O)N2CCc2cnc[nH]2)cc1. The number of fused-ring (bicyclic) bond motifs is 1. The predicted molar refractivity (Wildman–Crippen MR) is 141 cm³/mol. The zero-order valence-electron chi connectivity index (χ0n) is 21.0. The number of anilines is 2. The van der Waals surface area contributed by atoms with Crippen LogP contribution in [0.1, 0.15) is 44.3 Å². The van der Waals surface area contributed by atoms with E-state index in [1.165, 1.54) is 12.1 Å². The summed E-state index contributed by atoms with van der Waals surface area (Å²) in [4.78, 5) is 35.1. The lowest BCUT2D eigenvalue weighted by Gasteiger charge is -2.37. The van der Waals surface area contributed by atoms with Gasteiger partial charge in [-0.3, -0.25) is 4.79 Å². The third-order valence-electron chi connectivity index (χ3n) is 6.72. The molecule has 40 heavy (non-hydrogen) atoms. The maximum Gasteiger partial charge on any atom is 0.416 e. The Bertz CT molecular complexity index is 1560. The van der Waals surface area contributed by atoms with Crippen LogP contribution >= 0.6 is 0 Å². The Morgan fingerprint density at radius 1 is 1.05 bits per heavy atom. The molecule has 202 valence electrons. The lowest BCUT2D eigenvalue weighted by Crippen LogP contribution is -2.41. The maximum atomic E-state index is 13.8. The summed E-state index contributed by atoms with van der Waals surface area (Å²) in [6.45, 7) is 0.414. The van der Waals surface area contributed by atoms with Gasteiger partial charge in [0.2, 0.25) is 0 Å². The molecule has 1 aliphatic rings. The van der Waals surface area contributed by atoms with Gasteiger partial charge in [0.1, 0.15) is 0 Å². The number of imidazole rings is 1.